The number of aromatic nitrogens is 7. The van der Waals surface area contributed by atoms with Gasteiger partial charge in [0, 0.05) is 39.2 Å². The summed E-state index contributed by atoms with van der Waals surface area (Å²) < 4.78 is 4.50. The SMILES string of the molecule is Cc1cc(-c2nc3ccccc3n2-c2ccc(-c3nc(-c4ccc(-n5c(-c6cc(C)c(C)c(C)c6)nc6ccccc65)cc4)nc(-c4cccc5ccccc45)n3)cc2)cc(C)c1C. The van der Waals surface area contributed by atoms with Crippen molar-refractivity contribution in [1.82, 2.24) is 34.1 Å². The zero-order valence-corrected chi connectivity index (χ0v) is 36.7. The summed E-state index contributed by atoms with van der Waals surface area (Å²) in [5, 5.41) is 2.21. The second kappa shape index (κ2) is 15.4. The van der Waals surface area contributed by atoms with E-state index in [4.69, 9.17) is 24.9 Å². The summed E-state index contributed by atoms with van der Waals surface area (Å²) in [5.41, 5.74) is 18.5. The van der Waals surface area contributed by atoms with Crippen LogP contribution in [-0.2, 0) is 0 Å². The van der Waals surface area contributed by atoms with Gasteiger partial charge in [-0.3, -0.25) is 9.13 Å². The second-order valence-electron chi connectivity index (χ2n) is 16.9. The molecule has 0 bridgehead atoms. The molecule has 8 aromatic carbocycles. The Morgan fingerprint density at radius 1 is 0.344 bits per heavy atom. The molecule has 0 N–H and O–H groups in total. The summed E-state index contributed by atoms with van der Waals surface area (Å²) in [6.07, 6.45) is 0. The molecule has 7 heteroatoms. The van der Waals surface area contributed by atoms with E-state index in [-0.39, 0.29) is 0 Å². The Kier molecular flexibility index (Phi) is 9.35. The van der Waals surface area contributed by atoms with E-state index in [0.717, 1.165) is 83.7 Å². The fourth-order valence-corrected chi connectivity index (χ4v) is 8.99. The topological polar surface area (TPSA) is 74.3 Å². The van der Waals surface area contributed by atoms with Crippen LogP contribution >= 0.6 is 0 Å². The fourth-order valence-electron chi connectivity index (χ4n) is 8.99. The molecule has 308 valence electrons. The minimum atomic E-state index is 0.594. The Morgan fingerprint density at radius 3 is 1.23 bits per heavy atom. The summed E-state index contributed by atoms with van der Waals surface area (Å²) in [7, 11) is 0. The van der Waals surface area contributed by atoms with Gasteiger partial charge in [-0.15, -0.1) is 0 Å². The van der Waals surface area contributed by atoms with E-state index in [9.17, 15) is 0 Å². The lowest BCUT2D eigenvalue weighted by Crippen LogP contribution is -2.02. The quantitative estimate of drug-likeness (QED) is 0.160. The summed E-state index contributed by atoms with van der Waals surface area (Å²) in [6, 6.07) is 57.3. The van der Waals surface area contributed by atoms with Crippen LogP contribution in [0.5, 0.6) is 0 Å². The van der Waals surface area contributed by atoms with E-state index in [0.29, 0.717) is 17.5 Å². The minimum absolute atomic E-state index is 0.594. The molecule has 0 unspecified atom stereocenters. The van der Waals surface area contributed by atoms with E-state index in [2.05, 4.69) is 202 Å². The number of aryl methyl sites for hydroxylation is 4. The van der Waals surface area contributed by atoms with Crippen molar-refractivity contribution in [3.05, 3.63) is 197 Å². The molecule has 0 spiro atoms. The molecule has 3 heterocycles. The van der Waals surface area contributed by atoms with Gasteiger partial charge >= 0.3 is 0 Å². The van der Waals surface area contributed by atoms with Gasteiger partial charge in [0.2, 0.25) is 0 Å². The van der Waals surface area contributed by atoms with Gasteiger partial charge in [-0.25, -0.2) is 24.9 Å². The van der Waals surface area contributed by atoms with Crippen molar-refractivity contribution < 1.29 is 0 Å². The number of benzene rings is 8. The van der Waals surface area contributed by atoms with Gasteiger partial charge in [-0.1, -0.05) is 66.7 Å². The fraction of sp³-hybridized carbons (Fsp3) is 0.105. The van der Waals surface area contributed by atoms with Crippen molar-refractivity contribution in [2.45, 2.75) is 41.5 Å². The van der Waals surface area contributed by atoms with Crippen LogP contribution in [-0.4, -0.2) is 34.1 Å². The predicted octanol–water partition coefficient (Wildman–Crippen LogP) is 13.9. The maximum absolute atomic E-state index is 5.19. The molecule has 0 aliphatic heterocycles. The Balaban J connectivity index is 1.03. The van der Waals surface area contributed by atoms with E-state index in [1.807, 2.05) is 12.1 Å². The maximum Gasteiger partial charge on any atom is 0.164 e. The monoisotopic (exact) mass is 827 g/mol. The second-order valence-corrected chi connectivity index (χ2v) is 16.9. The average Bonchev–Trinajstić information content (AvgIpc) is 3.92. The van der Waals surface area contributed by atoms with Crippen LogP contribution in [0.15, 0.2) is 164 Å². The van der Waals surface area contributed by atoms with Crippen molar-refractivity contribution >= 4 is 32.8 Å². The van der Waals surface area contributed by atoms with Crippen LogP contribution < -0.4 is 0 Å². The Hall–Kier alpha value is -8.03. The van der Waals surface area contributed by atoms with Gasteiger partial charge in [0.05, 0.1) is 22.1 Å². The third kappa shape index (κ3) is 6.64. The lowest BCUT2D eigenvalue weighted by molar-refractivity contribution is 1.07. The molecule has 0 saturated heterocycles. The van der Waals surface area contributed by atoms with Crippen molar-refractivity contribution in [3.8, 4) is 68.3 Å². The van der Waals surface area contributed by atoms with E-state index < -0.39 is 0 Å². The summed E-state index contributed by atoms with van der Waals surface area (Å²) in [4.78, 5) is 25.9. The zero-order chi connectivity index (χ0) is 43.6. The predicted molar refractivity (Wildman–Crippen MR) is 262 cm³/mol. The van der Waals surface area contributed by atoms with Gasteiger partial charge in [0.1, 0.15) is 11.6 Å². The van der Waals surface area contributed by atoms with Crippen LogP contribution in [0.3, 0.4) is 0 Å². The molecule has 11 rings (SSSR count). The molecule has 0 radical (unpaired) electrons. The molecule has 11 aromatic rings. The first-order valence-corrected chi connectivity index (χ1v) is 21.8. The maximum atomic E-state index is 5.19. The average molecular weight is 828 g/mol. The van der Waals surface area contributed by atoms with Gasteiger partial charge in [0.25, 0.3) is 0 Å². The highest BCUT2D eigenvalue weighted by atomic mass is 15.1. The van der Waals surface area contributed by atoms with Crippen LogP contribution in [0.1, 0.15) is 33.4 Å². The summed E-state index contributed by atoms with van der Waals surface area (Å²) >= 11 is 0. The molecule has 0 aliphatic rings. The summed E-state index contributed by atoms with van der Waals surface area (Å²) in [5.74, 6) is 3.62. The lowest BCUT2D eigenvalue weighted by atomic mass is 10.00. The highest BCUT2D eigenvalue weighted by Gasteiger charge is 2.20. The number of hydrogen-bond acceptors (Lipinski definition) is 5. The van der Waals surface area contributed by atoms with Crippen LogP contribution in [0.4, 0.5) is 0 Å². The number of imidazole rings is 2. The van der Waals surface area contributed by atoms with Crippen LogP contribution in [0.2, 0.25) is 0 Å². The molecule has 0 fully saturated rings. The van der Waals surface area contributed by atoms with Crippen molar-refractivity contribution in [1.29, 1.82) is 0 Å². The Bertz CT molecular complexity index is 3360. The smallest absolute Gasteiger partial charge is 0.164 e. The first kappa shape index (κ1) is 38.9. The molecular formula is C57H45N7. The first-order valence-electron chi connectivity index (χ1n) is 21.8. The molecule has 0 atom stereocenters. The lowest BCUT2D eigenvalue weighted by Gasteiger charge is -2.14. The molecule has 3 aromatic heterocycles. The van der Waals surface area contributed by atoms with Crippen molar-refractivity contribution in [2.75, 3.05) is 0 Å². The first-order chi connectivity index (χ1) is 31.2. The number of fused-ring (bicyclic) bond motifs is 3. The van der Waals surface area contributed by atoms with E-state index in [1.165, 1.54) is 33.4 Å². The highest BCUT2D eigenvalue weighted by molar-refractivity contribution is 5.95. The Morgan fingerprint density at radius 2 is 0.750 bits per heavy atom. The van der Waals surface area contributed by atoms with Crippen LogP contribution in [0, 0.1) is 41.5 Å². The normalized spacial score (nSPS) is 11.6. The number of rotatable bonds is 7. The van der Waals surface area contributed by atoms with Crippen LogP contribution in [0.25, 0.3) is 101 Å². The molecular weight excluding hydrogens is 783 g/mol. The van der Waals surface area contributed by atoms with Crippen molar-refractivity contribution in [3.63, 3.8) is 0 Å². The molecule has 64 heavy (non-hydrogen) atoms. The van der Waals surface area contributed by atoms with E-state index >= 15 is 0 Å². The largest absolute Gasteiger partial charge is 0.292 e. The van der Waals surface area contributed by atoms with Gasteiger partial charge in [-0.2, -0.15) is 0 Å². The molecule has 0 saturated carbocycles. The van der Waals surface area contributed by atoms with Gasteiger partial charge in [0.15, 0.2) is 17.5 Å². The number of hydrogen-bond donors (Lipinski definition) is 0. The highest BCUT2D eigenvalue weighted by Crippen LogP contribution is 2.35. The number of para-hydroxylation sites is 4. The zero-order valence-electron chi connectivity index (χ0n) is 36.7. The third-order valence-electron chi connectivity index (χ3n) is 12.9. The Labute approximate surface area is 372 Å². The van der Waals surface area contributed by atoms with Gasteiger partial charge in [-0.05, 0) is 183 Å². The molecule has 7 nitrogen and oxygen atoms in total. The van der Waals surface area contributed by atoms with Gasteiger partial charge < -0.3 is 0 Å². The molecule has 0 amide bonds. The third-order valence-corrected chi connectivity index (χ3v) is 12.9. The van der Waals surface area contributed by atoms with E-state index in [1.54, 1.807) is 0 Å². The minimum Gasteiger partial charge on any atom is -0.292 e. The molecule has 0 aliphatic carbocycles. The summed E-state index contributed by atoms with van der Waals surface area (Å²) in [6.45, 7) is 13.0. The number of nitrogens with zero attached hydrogens (tertiary/aromatic N) is 7. The standard InChI is InChI=1S/C57H45N7/c1-34-30-43(31-35(2)38(34)5)56-58-49-18-9-11-20-51(49)63(56)45-26-22-41(23-27-45)53-60-54(62-55(61-53)48-17-13-15-40-14-7-8-16-47(40)48)42-24-28-46(29-25-42)64-52-21-12-10-19-50(52)59-57(64)44-32-36(3)39(6)37(4)33-44/h7-33H,1-6H3. The van der Waals surface area contributed by atoms with Crippen molar-refractivity contribution in [2.24, 2.45) is 0 Å².